The minimum Gasteiger partial charge on any atom is -0.305 e. The van der Waals surface area contributed by atoms with Crippen molar-refractivity contribution in [1.29, 1.82) is 0 Å². The highest BCUT2D eigenvalue weighted by Crippen LogP contribution is 2.22. The Morgan fingerprint density at radius 3 is 2.38 bits per heavy atom. The van der Waals surface area contributed by atoms with Gasteiger partial charge in [0.2, 0.25) is 5.91 Å². The molecule has 3 aromatic rings. The largest absolute Gasteiger partial charge is 0.305 e. The lowest BCUT2D eigenvalue weighted by Gasteiger charge is -2.11. The molecule has 1 aromatic heterocycles. The molecule has 0 bridgehead atoms. The molecule has 6 nitrogen and oxygen atoms in total. The van der Waals surface area contributed by atoms with Gasteiger partial charge in [-0.2, -0.15) is 0 Å². The van der Waals surface area contributed by atoms with Crippen LogP contribution in [0.5, 0.6) is 0 Å². The molecular formula is C19H19N5OS. The van der Waals surface area contributed by atoms with Crippen molar-refractivity contribution >= 4 is 23.4 Å². The Bertz CT molecular complexity index is 893. The summed E-state index contributed by atoms with van der Waals surface area (Å²) in [5.74, 6) is 0.816. The molecule has 0 unspecified atom stereocenters. The molecule has 2 aromatic carbocycles. The molecule has 1 amide bonds. The summed E-state index contributed by atoms with van der Waals surface area (Å²) in [5.41, 5.74) is 8.01. The van der Waals surface area contributed by atoms with E-state index in [1.54, 1.807) is 0 Å². The number of amides is 1. The van der Waals surface area contributed by atoms with Crippen molar-refractivity contribution in [3.8, 4) is 11.4 Å². The van der Waals surface area contributed by atoms with Crippen molar-refractivity contribution in [2.45, 2.75) is 5.16 Å². The van der Waals surface area contributed by atoms with Crippen LogP contribution >= 0.6 is 11.8 Å². The van der Waals surface area contributed by atoms with Crippen molar-refractivity contribution in [2.75, 3.05) is 5.75 Å². The van der Waals surface area contributed by atoms with E-state index >= 15 is 0 Å². The fourth-order valence-electron chi connectivity index (χ4n) is 2.30. The van der Waals surface area contributed by atoms with E-state index < -0.39 is 0 Å². The summed E-state index contributed by atoms with van der Waals surface area (Å²) in [6.45, 7) is 3.91. The van der Waals surface area contributed by atoms with Crippen LogP contribution in [-0.2, 0) is 11.8 Å². The third-order valence-corrected chi connectivity index (χ3v) is 4.69. The van der Waals surface area contributed by atoms with Crippen LogP contribution in [0.15, 0.2) is 72.4 Å². The second kappa shape index (κ2) is 8.35. The van der Waals surface area contributed by atoms with Gasteiger partial charge in [0.25, 0.3) is 0 Å². The number of carbonyl (C=O) groups is 1. The van der Waals surface area contributed by atoms with Gasteiger partial charge in [-0.05, 0) is 5.56 Å². The van der Waals surface area contributed by atoms with E-state index in [-0.39, 0.29) is 11.7 Å². The molecule has 0 atom stereocenters. The van der Waals surface area contributed by atoms with E-state index in [4.69, 9.17) is 0 Å². The molecule has 0 aliphatic rings. The lowest BCUT2D eigenvalue weighted by molar-refractivity contribution is -0.119. The standard InChI is InChI=1S/C19H19N5OS/c1-14(15-9-5-3-6-10-15)20-21-17(25)13-26-19-23-22-18(24(19)2)16-11-7-4-8-12-16/h3-12,20H,1,13H2,2H3,(H,21,25). The first-order valence-electron chi connectivity index (χ1n) is 8.02. The van der Waals surface area contributed by atoms with Gasteiger partial charge < -0.3 is 4.57 Å². The fraction of sp³-hybridized carbons (Fsp3) is 0.105. The second-order valence-electron chi connectivity index (χ2n) is 5.54. The van der Waals surface area contributed by atoms with E-state index in [0.717, 1.165) is 17.0 Å². The number of nitrogens with one attached hydrogen (secondary N) is 2. The van der Waals surface area contributed by atoms with Crippen molar-refractivity contribution in [3.63, 3.8) is 0 Å². The Morgan fingerprint density at radius 2 is 1.69 bits per heavy atom. The molecule has 1 heterocycles. The number of rotatable bonds is 7. The Kier molecular flexibility index (Phi) is 5.70. The quantitative estimate of drug-likeness (QED) is 0.498. The Hall–Kier alpha value is -3.06. The number of hydrazine groups is 1. The van der Waals surface area contributed by atoms with Crippen LogP contribution in [0.2, 0.25) is 0 Å². The van der Waals surface area contributed by atoms with Crippen LogP contribution in [0, 0.1) is 0 Å². The highest BCUT2D eigenvalue weighted by molar-refractivity contribution is 7.99. The Labute approximate surface area is 156 Å². The lowest BCUT2D eigenvalue weighted by atomic mass is 10.2. The molecule has 0 spiro atoms. The van der Waals surface area contributed by atoms with E-state index in [1.165, 1.54) is 11.8 Å². The van der Waals surface area contributed by atoms with Crippen LogP contribution in [0.25, 0.3) is 17.1 Å². The first kappa shape index (κ1) is 17.8. The Balaban J connectivity index is 1.52. The number of benzene rings is 2. The van der Waals surface area contributed by atoms with Gasteiger partial charge >= 0.3 is 0 Å². The first-order chi connectivity index (χ1) is 12.6. The molecule has 0 aliphatic heterocycles. The number of hydrogen-bond acceptors (Lipinski definition) is 5. The van der Waals surface area contributed by atoms with Crippen LogP contribution in [0.4, 0.5) is 0 Å². The normalized spacial score (nSPS) is 10.3. The van der Waals surface area contributed by atoms with Crippen molar-refractivity contribution in [3.05, 3.63) is 72.8 Å². The summed E-state index contributed by atoms with van der Waals surface area (Å²) >= 11 is 1.33. The maximum Gasteiger partial charge on any atom is 0.248 e. The minimum absolute atomic E-state index is 0.170. The molecular weight excluding hydrogens is 346 g/mol. The second-order valence-corrected chi connectivity index (χ2v) is 6.48. The van der Waals surface area contributed by atoms with Gasteiger partial charge in [-0.3, -0.25) is 15.6 Å². The molecule has 0 saturated carbocycles. The van der Waals surface area contributed by atoms with Crippen LogP contribution in [0.1, 0.15) is 5.56 Å². The summed E-state index contributed by atoms with van der Waals surface area (Å²) < 4.78 is 1.88. The minimum atomic E-state index is -0.170. The zero-order valence-electron chi connectivity index (χ0n) is 14.3. The molecule has 0 saturated heterocycles. The SMILES string of the molecule is C=C(NNC(=O)CSc1nnc(-c2ccccc2)n1C)c1ccccc1. The average Bonchev–Trinajstić information content (AvgIpc) is 3.06. The van der Waals surface area contributed by atoms with Crippen LogP contribution < -0.4 is 10.9 Å². The van der Waals surface area contributed by atoms with Crippen molar-refractivity contribution in [2.24, 2.45) is 7.05 Å². The first-order valence-corrected chi connectivity index (χ1v) is 9.00. The van der Waals surface area contributed by atoms with Gasteiger partial charge in [-0.15, -0.1) is 10.2 Å². The van der Waals surface area contributed by atoms with E-state index in [1.807, 2.05) is 72.3 Å². The molecule has 2 N–H and O–H groups in total. The zero-order valence-corrected chi connectivity index (χ0v) is 15.2. The Morgan fingerprint density at radius 1 is 1.04 bits per heavy atom. The summed E-state index contributed by atoms with van der Waals surface area (Å²) in [4.78, 5) is 12.0. The van der Waals surface area contributed by atoms with Gasteiger partial charge in [0.15, 0.2) is 11.0 Å². The van der Waals surface area contributed by atoms with Crippen LogP contribution in [-0.4, -0.2) is 26.4 Å². The molecule has 26 heavy (non-hydrogen) atoms. The molecule has 132 valence electrons. The number of aromatic nitrogens is 3. The zero-order chi connectivity index (χ0) is 18.4. The van der Waals surface area contributed by atoms with Gasteiger partial charge in [-0.1, -0.05) is 79.0 Å². The molecule has 3 rings (SSSR count). The van der Waals surface area contributed by atoms with Crippen LogP contribution in [0.3, 0.4) is 0 Å². The highest BCUT2D eigenvalue weighted by atomic mass is 32.2. The maximum atomic E-state index is 12.0. The predicted molar refractivity (Wildman–Crippen MR) is 104 cm³/mol. The van der Waals surface area contributed by atoms with Crippen molar-refractivity contribution < 1.29 is 4.79 Å². The van der Waals surface area contributed by atoms with Gasteiger partial charge in [0.1, 0.15) is 0 Å². The highest BCUT2D eigenvalue weighted by Gasteiger charge is 2.12. The number of hydrogen-bond donors (Lipinski definition) is 2. The monoisotopic (exact) mass is 365 g/mol. The van der Waals surface area contributed by atoms with Gasteiger partial charge in [-0.25, -0.2) is 0 Å². The molecule has 7 heteroatoms. The summed E-state index contributed by atoms with van der Waals surface area (Å²) in [6.07, 6.45) is 0. The lowest BCUT2D eigenvalue weighted by Crippen LogP contribution is -2.37. The predicted octanol–water partition coefficient (Wildman–Crippen LogP) is 2.87. The number of thioether (sulfide) groups is 1. The van der Waals surface area contributed by atoms with E-state index in [2.05, 4.69) is 27.6 Å². The number of nitrogens with zero attached hydrogens (tertiary/aromatic N) is 3. The molecule has 0 radical (unpaired) electrons. The fourth-order valence-corrected chi connectivity index (χ4v) is 3.01. The van der Waals surface area contributed by atoms with E-state index in [0.29, 0.717) is 10.9 Å². The van der Waals surface area contributed by atoms with E-state index in [9.17, 15) is 4.79 Å². The smallest absolute Gasteiger partial charge is 0.248 e. The van der Waals surface area contributed by atoms with Gasteiger partial charge in [0, 0.05) is 12.6 Å². The summed E-state index contributed by atoms with van der Waals surface area (Å²) in [6, 6.07) is 19.4. The average molecular weight is 365 g/mol. The third kappa shape index (κ3) is 4.31. The summed E-state index contributed by atoms with van der Waals surface area (Å²) in [5, 5.41) is 9.05. The number of carbonyl (C=O) groups excluding carboxylic acids is 1. The molecule has 0 aliphatic carbocycles. The van der Waals surface area contributed by atoms with Gasteiger partial charge in [0.05, 0.1) is 11.4 Å². The summed E-state index contributed by atoms with van der Waals surface area (Å²) in [7, 11) is 1.89. The molecule has 0 fully saturated rings. The third-order valence-electron chi connectivity index (χ3n) is 3.67. The maximum absolute atomic E-state index is 12.0. The topological polar surface area (TPSA) is 71.8 Å². The van der Waals surface area contributed by atoms with Crippen molar-refractivity contribution in [1.82, 2.24) is 25.6 Å².